The zero-order valence-electron chi connectivity index (χ0n) is 21.9. The van der Waals surface area contributed by atoms with Gasteiger partial charge < -0.3 is 25.0 Å². The molecule has 36 heavy (non-hydrogen) atoms. The van der Waals surface area contributed by atoms with Crippen LogP contribution in [0.5, 0.6) is 11.5 Å². The Labute approximate surface area is 215 Å². The highest BCUT2D eigenvalue weighted by atomic mass is 16.5. The molecule has 2 aliphatic rings. The second kappa shape index (κ2) is 12.4. The van der Waals surface area contributed by atoms with Gasteiger partial charge >= 0.3 is 0 Å². The highest BCUT2D eigenvalue weighted by Crippen LogP contribution is 2.32. The predicted octanol–water partition coefficient (Wildman–Crippen LogP) is 5.21. The molecule has 6 heteroatoms. The Morgan fingerprint density at radius 1 is 0.833 bits per heavy atom. The Balaban J connectivity index is 0.00000148. The summed E-state index contributed by atoms with van der Waals surface area (Å²) in [6.07, 6.45) is 2.09. The topological polar surface area (TPSA) is 49.0 Å². The minimum atomic E-state index is 0.796. The number of anilines is 1. The molecule has 0 aliphatic carbocycles. The lowest BCUT2D eigenvalue weighted by Crippen LogP contribution is -2.34. The monoisotopic (exact) mass is 486 g/mol. The average molecular weight is 487 g/mol. The van der Waals surface area contributed by atoms with Crippen LogP contribution >= 0.6 is 0 Å². The van der Waals surface area contributed by atoms with E-state index in [2.05, 4.69) is 81.2 Å². The van der Waals surface area contributed by atoms with Crippen LogP contribution in [0.2, 0.25) is 0 Å². The zero-order chi connectivity index (χ0) is 25.3. The van der Waals surface area contributed by atoms with Crippen LogP contribution in [-0.4, -0.2) is 45.4 Å². The molecule has 0 fully saturated rings. The molecule has 190 valence electrons. The summed E-state index contributed by atoms with van der Waals surface area (Å²) in [5.74, 6) is 1.75. The third-order valence-corrected chi connectivity index (χ3v) is 6.54. The van der Waals surface area contributed by atoms with Gasteiger partial charge in [-0.3, -0.25) is 4.90 Å². The number of hydrogen-bond donors (Lipinski definition) is 2. The maximum absolute atomic E-state index is 5.66. The molecular weight excluding hydrogens is 448 g/mol. The molecule has 0 unspecified atom stereocenters. The first kappa shape index (κ1) is 25.5. The molecule has 0 saturated carbocycles. The fraction of sp³-hybridized carbons (Fsp3) is 0.333. The Morgan fingerprint density at radius 3 is 2.39 bits per heavy atom. The quantitative estimate of drug-likeness (QED) is 0.478. The molecule has 0 radical (unpaired) electrons. The first-order chi connectivity index (χ1) is 17.7. The van der Waals surface area contributed by atoms with Crippen molar-refractivity contribution >= 4 is 5.69 Å². The normalized spacial score (nSPS) is 14.9. The van der Waals surface area contributed by atoms with E-state index in [-0.39, 0.29) is 0 Å². The summed E-state index contributed by atoms with van der Waals surface area (Å²) in [6.45, 7) is 9.23. The van der Waals surface area contributed by atoms with E-state index in [9.17, 15) is 0 Å². The molecule has 2 aliphatic heterocycles. The highest BCUT2D eigenvalue weighted by Gasteiger charge is 2.23. The number of rotatable bonds is 7. The molecule has 0 aromatic heterocycles. The predicted molar refractivity (Wildman–Crippen MR) is 148 cm³/mol. The van der Waals surface area contributed by atoms with Crippen molar-refractivity contribution in [2.75, 3.05) is 45.4 Å². The molecule has 0 bridgehead atoms. The number of ether oxygens (including phenoxy) is 2. The van der Waals surface area contributed by atoms with Crippen LogP contribution < -0.4 is 25.0 Å². The average Bonchev–Trinajstić information content (AvgIpc) is 3.39. The van der Waals surface area contributed by atoms with E-state index in [1.54, 1.807) is 14.2 Å². The molecule has 0 saturated heterocycles. The number of benzene rings is 3. The van der Waals surface area contributed by atoms with E-state index in [0.717, 1.165) is 56.5 Å². The smallest absolute Gasteiger partial charge is 0.123 e. The van der Waals surface area contributed by atoms with Crippen LogP contribution in [0.25, 0.3) is 11.1 Å². The summed E-state index contributed by atoms with van der Waals surface area (Å²) in [6, 6.07) is 23.5. The van der Waals surface area contributed by atoms with E-state index in [0.29, 0.717) is 0 Å². The fourth-order valence-corrected chi connectivity index (χ4v) is 4.78. The van der Waals surface area contributed by atoms with Crippen LogP contribution in [0.4, 0.5) is 5.69 Å². The number of nitrogens with one attached hydrogen (secondary N) is 2. The van der Waals surface area contributed by atoms with E-state index in [1.807, 2.05) is 26.0 Å². The second-order valence-corrected chi connectivity index (χ2v) is 8.75. The summed E-state index contributed by atoms with van der Waals surface area (Å²) in [4.78, 5) is 4.98. The van der Waals surface area contributed by atoms with E-state index < -0.39 is 0 Å². The second-order valence-electron chi connectivity index (χ2n) is 8.75. The van der Waals surface area contributed by atoms with Crippen molar-refractivity contribution in [2.45, 2.75) is 26.9 Å². The molecule has 2 N–H and O–H groups in total. The SMILES string of the molecule is CC.COc1ccc(OC)c(CN2CCN(CC3=CNCN3)c3ccc(-c4ccccc4)cc3C2)c1. The van der Waals surface area contributed by atoms with E-state index in [4.69, 9.17) is 9.47 Å². The summed E-state index contributed by atoms with van der Waals surface area (Å²) in [5, 5.41) is 6.70. The highest BCUT2D eigenvalue weighted by molar-refractivity contribution is 5.69. The van der Waals surface area contributed by atoms with Crippen LogP contribution in [0, 0.1) is 0 Å². The summed E-state index contributed by atoms with van der Waals surface area (Å²) < 4.78 is 11.1. The maximum Gasteiger partial charge on any atom is 0.123 e. The van der Waals surface area contributed by atoms with Crippen molar-refractivity contribution in [3.8, 4) is 22.6 Å². The van der Waals surface area contributed by atoms with Gasteiger partial charge in [0.15, 0.2) is 0 Å². The minimum absolute atomic E-state index is 0.796. The van der Waals surface area contributed by atoms with E-state index >= 15 is 0 Å². The largest absolute Gasteiger partial charge is 0.497 e. The van der Waals surface area contributed by atoms with Crippen molar-refractivity contribution < 1.29 is 9.47 Å². The van der Waals surface area contributed by atoms with Crippen molar-refractivity contribution in [2.24, 2.45) is 0 Å². The van der Waals surface area contributed by atoms with Crippen molar-refractivity contribution in [1.29, 1.82) is 0 Å². The van der Waals surface area contributed by atoms with Crippen molar-refractivity contribution in [1.82, 2.24) is 15.5 Å². The summed E-state index contributed by atoms with van der Waals surface area (Å²) in [7, 11) is 3.44. The first-order valence-corrected chi connectivity index (χ1v) is 12.8. The molecule has 3 aromatic carbocycles. The number of hydrogen-bond acceptors (Lipinski definition) is 6. The fourth-order valence-electron chi connectivity index (χ4n) is 4.78. The Kier molecular flexibility index (Phi) is 8.74. The van der Waals surface area contributed by atoms with Crippen molar-refractivity contribution in [3.63, 3.8) is 0 Å². The summed E-state index contributed by atoms with van der Waals surface area (Å²) >= 11 is 0. The molecule has 0 atom stereocenters. The van der Waals surface area contributed by atoms with Gasteiger partial charge in [-0.15, -0.1) is 0 Å². The Hall–Kier alpha value is -3.64. The standard InChI is InChI=1S/C28H32N4O2.C2H6/c1-33-26-9-11-28(34-2)24(15-26)18-31-12-13-32(19-25-16-29-20-30-25)27-10-8-22(14-23(27)17-31)21-6-4-3-5-7-21;1-2/h3-11,14-16,29-30H,12-13,17-20H2,1-2H3;1-2H3. The lowest BCUT2D eigenvalue weighted by molar-refractivity contribution is 0.263. The van der Waals surface area contributed by atoms with Gasteiger partial charge in [0, 0.05) is 49.3 Å². The molecule has 6 nitrogen and oxygen atoms in total. The van der Waals surface area contributed by atoms with Gasteiger partial charge in [-0.05, 0) is 47.0 Å². The molecule has 5 rings (SSSR count). The molecule has 0 spiro atoms. The number of nitrogens with zero attached hydrogens (tertiary/aromatic N) is 2. The zero-order valence-corrected chi connectivity index (χ0v) is 21.9. The summed E-state index contributed by atoms with van der Waals surface area (Å²) in [5.41, 5.74) is 7.49. The van der Waals surface area contributed by atoms with Gasteiger partial charge in [-0.25, -0.2) is 0 Å². The van der Waals surface area contributed by atoms with Crippen LogP contribution in [0.1, 0.15) is 25.0 Å². The van der Waals surface area contributed by atoms with Gasteiger partial charge in [0.1, 0.15) is 11.5 Å². The Bertz CT molecular complexity index is 1160. The van der Waals surface area contributed by atoms with Gasteiger partial charge in [-0.2, -0.15) is 0 Å². The van der Waals surface area contributed by atoms with Gasteiger partial charge in [0.2, 0.25) is 0 Å². The van der Waals surface area contributed by atoms with Crippen LogP contribution in [-0.2, 0) is 13.1 Å². The van der Waals surface area contributed by atoms with Gasteiger partial charge in [0.25, 0.3) is 0 Å². The minimum Gasteiger partial charge on any atom is -0.497 e. The maximum atomic E-state index is 5.66. The molecule has 3 aromatic rings. The third-order valence-electron chi connectivity index (χ3n) is 6.54. The lowest BCUT2D eigenvalue weighted by atomic mass is 10.0. The lowest BCUT2D eigenvalue weighted by Gasteiger charge is -2.26. The Morgan fingerprint density at radius 2 is 1.67 bits per heavy atom. The molecular formula is C30H38N4O2. The van der Waals surface area contributed by atoms with E-state index in [1.165, 1.54) is 28.1 Å². The third kappa shape index (κ3) is 5.94. The van der Waals surface area contributed by atoms with Gasteiger partial charge in [0.05, 0.1) is 27.4 Å². The van der Waals surface area contributed by atoms with Crippen LogP contribution in [0.3, 0.4) is 0 Å². The molecule has 0 amide bonds. The number of fused-ring (bicyclic) bond motifs is 1. The first-order valence-electron chi connectivity index (χ1n) is 12.8. The van der Waals surface area contributed by atoms with Crippen molar-refractivity contribution in [3.05, 3.63) is 89.8 Å². The number of methoxy groups -OCH3 is 2. The van der Waals surface area contributed by atoms with Crippen LogP contribution in [0.15, 0.2) is 78.6 Å². The molecule has 2 heterocycles. The van der Waals surface area contributed by atoms with Gasteiger partial charge in [-0.1, -0.05) is 50.2 Å².